The van der Waals surface area contributed by atoms with Crippen LogP contribution in [-0.2, 0) is 24.7 Å². The largest absolute Gasteiger partial charge is 3.00 e. The van der Waals surface area contributed by atoms with Crippen molar-refractivity contribution in [2.45, 2.75) is 75.5 Å². The van der Waals surface area contributed by atoms with E-state index >= 15 is 0 Å². The molecule has 236 valence electrons. The smallest absolute Gasteiger partial charge is 0.493 e. The fourth-order valence-electron chi connectivity index (χ4n) is 7.57. The molecule has 2 saturated carbocycles. The summed E-state index contributed by atoms with van der Waals surface area (Å²) in [6.07, 6.45) is 12.3. The number of benzene rings is 5. The summed E-state index contributed by atoms with van der Waals surface area (Å²) in [5, 5.41) is 3.48. The van der Waals surface area contributed by atoms with Gasteiger partial charge in [0.1, 0.15) is 0 Å². The molecule has 5 aromatic carbocycles. The molecule has 1 aliphatic heterocycles. The first-order valence-electron chi connectivity index (χ1n) is 16.8. The second kappa shape index (κ2) is 15.2. The second-order valence-electron chi connectivity index (χ2n) is 12.7. The summed E-state index contributed by atoms with van der Waals surface area (Å²) < 4.78 is 14.5. The first-order valence-corrected chi connectivity index (χ1v) is 18.6. The molecule has 8 rings (SSSR count). The molecular weight excluding hydrogens is 760 g/mol. The van der Waals surface area contributed by atoms with Crippen LogP contribution in [-0.4, -0.2) is 11.3 Å². The molecule has 0 saturated heterocycles. The van der Waals surface area contributed by atoms with Crippen LogP contribution in [0.2, 0.25) is 0 Å². The van der Waals surface area contributed by atoms with E-state index in [0.29, 0.717) is 11.3 Å². The fraction of sp³-hybridized carbons (Fsp3) is 0.293. The van der Waals surface area contributed by atoms with Gasteiger partial charge in [-0.2, -0.15) is 48.5 Å². The quantitative estimate of drug-likeness (QED) is 0.131. The minimum atomic E-state index is -2.38. The van der Waals surface area contributed by atoms with Gasteiger partial charge < -0.3 is 14.4 Å². The van der Waals surface area contributed by atoms with E-state index in [1.807, 2.05) is 24.3 Å². The molecule has 3 aliphatic rings. The minimum absolute atomic E-state index is 0. The number of para-hydroxylation sites is 4. The number of hydrogen-bond acceptors (Lipinski definition) is 3. The number of hydrogen-bond donors (Lipinski definition) is 0. The molecule has 0 radical (unpaired) electrons. The van der Waals surface area contributed by atoms with Crippen molar-refractivity contribution in [1.29, 1.82) is 0 Å². The number of rotatable bonds is 5. The van der Waals surface area contributed by atoms with Crippen LogP contribution in [0.1, 0.15) is 64.2 Å². The van der Waals surface area contributed by atoms with Crippen LogP contribution in [0.25, 0.3) is 10.8 Å². The van der Waals surface area contributed by atoms with E-state index in [1.54, 1.807) is 0 Å². The van der Waals surface area contributed by atoms with Gasteiger partial charge in [-0.05, 0) is 49.9 Å². The third-order valence-corrected chi connectivity index (χ3v) is 14.1. The first-order chi connectivity index (χ1) is 22.2. The maximum atomic E-state index is 14.5. The van der Waals surface area contributed by atoms with Crippen LogP contribution < -0.4 is 15.1 Å². The zero-order chi connectivity index (χ0) is 30.5. The average Bonchev–Trinajstić information content (AvgIpc) is 3.53. The molecule has 0 N–H and O–H groups in total. The molecule has 0 atom stereocenters. The van der Waals surface area contributed by atoms with Gasteiger partial charge in [-0.25, -0.2) is 0 Å². The van der Waals surface area contributed by atoms with Gasteiger partial charge >= 0.3 is 20.1 Å². The van der Waals surface area contributed by atoms with Crippen molar-refractivity contribution in [2.24, 2.45) is 0 Å². The van der Waals surface area contributed by atoms with Crippen LogP contribution in [0.5, 0.6) is 0 Å². The van der Waals surface area contributed by atoms with Gasteiger partial charge in [-0.15, -0.1) is 34.5 Å². The molecule has 0 spiro atoms. The van der Waals surface area contributed by atoms with E-state index in [2.05, 4.69) is 120 Å². The maximum Gasteiger partial charge on any atom is 3.00 e. The second-order valence-corrected chi connectivity index (χ2v) is 16.0. The van der Waals surface area contributed by atoms with E-state index in [-0.39, 0.29) is 20.1 Å². The Hall–Kier alpha value is -3.16. The van der Waals surface area contributed by atoms with Crippen molar-refractivity contribution in [3.8, 4) is 0 Å². The third-order valence-electron chi connectivity index (χ3n) is 9.89. The standard InChI is InChI=1S/C22H28OP.C19H14N2.Ir/c23-24(20-11-3-1-4-12-20,21-13-5-2-6-14-21)22-16-15-18-9-7-8-10-19(18)17-22;1-3-9-16(10-4-1)20-15-21(17-11-5-2-6-12-17)19-14-8-7-13-18(19)20;/h7-10,15,17,20-21H,1-6,11-14H2;1-11,13-15H;/q-1;-2;+3. The summed E-state index contributed by atoms with van der Waals surface area (Å²) >= 11 is 0. The van der Waals surface area contributed by atoms with Crippen LogP contribution in [0, 0.1) is 18.8 Å². The topological polar surface area (TPSA) is 23.6 Å². The van der Waals surface area contributed by atoms with E-state index in [9.17, 15) is 4.57 Å². The molecule has 0 amide bonds. The van der Waals surface area contributed by atoms with Crippen molar-refractivity contribution < 1.29 is 24.7 Å². The molecular formula is C41H42IrN2OP. The van der Waals surface area contributed by atoms with Gasteiger partial charge in [0.15, 0.2) is 0 Å². The van der Waals surface area contributed by atoms with Crippen molar-refractivity contribution in [2.75, 3.05) is 9.80 Å². The van der Waals surface area contributed by atoms with Gasteiger partial charge in [0, 0.05) is 28.4 Å². The zero-order valence-corrected chi connectivity index (χ0v) is 29.6. The van der Waals surface area contributed by atoms with Crippen molar-refractivity contribution in [3.05, 3.63) is 134 Å². The monoisotopic (exact) mass is 802 g/mol. The average molecular weight is 802 g/mol. The summed E-state index contributed by atoms with van der Waals surface area (Å²) in [5.41, 5.74) is 5.37. The van der Waals surface area contributed by atoms with Crippen LogP contribution >= 0.6 is 7.14 Å². The van der Waals surface area contributed by atoms with Gasteiger partial charge in [-0.1, -0.05) is 87.1 Å². The predicted octanol–water partition coefficient (Wildman–Crippen LogP) is 11.2. The Morgan fingerprint density at radius 3 is 1.80 bits per heavy atom. The Morgan fingerprint density at radius 1 is 0.609 bits per heavy atom. The minimum Gasteiger partial charge on any atom is -0.493 e. The number of nitrogens with zero attached hydrogens (tertiary/aromatic N) is 2. The van der Waals surface area contributed by atoms with Gasteiger partial charge in [0.05, 0.1) is 7.14 Å². The van der Waals surface area contributed by atoms with Crippen LogP contribution in [0.4, 0.5) is 22.7 Å². The first kappa shape index (κ1) is 32.8. The SMILES string of the molecule is O=P(c1[c-]cc2ccccc2c1)(C1CCCCC1)C1CCCCC1.[Ir+3].[c-]1ccccc1N1[CH-]N(c2ccccc2)c2ccccc21. The van der Waals surface area contributed by atoms with Crippen molar-refractivity contribution >= 4 is 46.0 Å². The van der Waals surface area contributed by atoms with E-state index in [1.165, 1.54) is 60.7 Å². The Kier molecular flexibility index (Phi) is 10.8. The number of fused-ring (bicyclic) bond motifs is 2. The Bertz CT molecular complexity index is 1660. The molecule has 5 aromatic rings. The predicted molar refractivity (Wildman–Crippen MR) is 191 cm³/mol. The molecule has 1 heterocycles. The Morgan fingerprint density at radius 2 is 1.17 bits per heavy atom. The summed E-state index contributed by atoms with van der Waals surface area (Å²) in [6, 6.07) is 46.3. The van der Waals surface area contributed by atoms with Crippen LogP contribution in [0.3, 0.4) is 0 Å². The molecule has 2 fully saturated rings. The summed E-state index contributed by atoms with van der Waals surface area (Å²) in [4.78, 5) is 4.37. The van der Waals surface area contributed by atoms with Crippen LogP contribution in [0.15, 0.2) is 115 Å². The summed E-state index contributed by atoms with van der Waals surface area (Å²) in [7, 11) is -2.38. The van der Waals surface area contributed by atoms with Gasteiger partial charge in [-0.3, -0.25) is 0 Å². The summed E-state index contributed by atoms with van der Waals surface area (Å²) in [6.45, 7) is 2.12. The van der Waals surface area contributed by atoms with E-state index in [0.717, 1.165) is 42.4 Å². The zero-order valence-electron chi connectivity index (χ0n) is 26.4. The Balaban J connectivity index is 0.000000159. The third kappa shape index (κ3) is 6.77. The molecule has 0 aromatic heterocycles. The van der Waals surface area contributed by atoms with E-state index < -0.39 is 7.14 Å². The molecule has 2 aliphatic carbocycles. The molecule has 46 heavy (non-hydrogen) atoms. The molecule has 5 heteroatoms. The molecule has 0 bridgehead atoms. The van der Waals surface area contributed by atoms with Crippen molar-refractivity contribution in [1.82, 2.24) is 0 Å². The maximum absolute atomic E-state index is 14.5. The Labute approximate surface area is 288 Å². The van der Waals surface area contributed by atoms with Gasteiger partial charge in [0.25, 0.3) is 0 Å². The normalized spacial score (nSPS) is 17.1. The van der Waals surface area contributed by atoms with Gasteiger partial charge in [0.2, 0.25) is 0 Å². The van der Waals surface area contributed by atoms with Crippen molar-refractivity contribution in [3.63, 3.8) is 0 Å². The fourth-order valence-corrected chi connectivity index (χ4v) is 11.8. The number of anilines is 4. The molecule has 0 unspecified atom stereocenters. The summed E-state index contributed by atoms with van der Waals surface area (Å²) in [5.74, 6) is 0. The molecule has 3 nitrogen and oxygen atoms in total. The van der Waals surface area contributed by atoms with E-state index in [4.69, 9.17) is 0 Å².